The lowest BCUT2D eigenvalue weighted by Crippen LogP contribution is -2.40. The molecule has 2 N–H and O–H groups in total. The van der Waals surface area contributed by atoms with E-state index in [1.165, 1.54) is 12.8 Å². The monoisotopic (exact) mass is 547 g/mol. The average molecular weight is 548 g/mol. The molecule has 5 aromatic rings. The lowest BCUT2D eigenvalue weighted by Gasteiger charge is -2.24. The zero-order chi connectivity index (χ0) is 27.5. The molecule has 0 aliphatic carbocycles. The Hall–Kier alpha value is -4.12. The van der Waals surface area contributed by atoms with E-state index in [2.05, 4.69) is 41.4 Å². The van der Waals surface area contributed by atoms with Crippen molar-refractivity contribution in [3.05, 3.63) is 82.6 Å². The van der Waals surface area contributed by atoms with Gasteiger partial charge in [0.15, 0.2) is 0 Å². The summed E-state index contributed by atoms with van der Waals surface area (Å²) in [6, 6.07) is 21.1. The molecule has 0 saturated carbocycles. The van der Waals surface area contributed by atoms with Crippen molar-refractivity contribution in [2.24, 2.45) is 13.0 Å². The largest absolute Gasteiger partial charge is 0.369 e. The Labute approximate surface area is 237 Å². The van der Waals surface area contributed by atoms with E-state index < -0.39 is 0 Å². The van der Waals surface area contributed by atoms with Crippen LogP contribution >= 0.6 is 11.6 Å². The number of benzene rings is 3. The summed E-state index contributed by atoms with van der Waals surface area (Å²) in [5.74, 6) is 0.626. The van der Waals surface area contributed by atoms with E-state index in [0.717, 1.165) is 69.6 Å². The lowest BCUT2D eigenvalue weighted by molar-refractivity contribution is 0.340. The summed E-state index contributed by atoms with van der Waals surface area (Å²) in [5, 5.41) is 24.7. The number of halogens is 1. The second-order valence-electron chi connectivity index (χ2n) is 11.1. The Balaban J connectivity index is 1.41. The summed E-state index contributed by atoms with van der Waals surface area (Å²) in [6.45, 7) is 5.05. The van der Waals surface area contributed by atoms with Gasteiger partial charge in [0.1, 0.15) is 6.07 Å². The second kappa shape index (κ2) is 9.51. The van der Waals surface area contributed by atoms with Gasteiger partial charge < -0.3 is 14.8 Å². The smallest absolute Gasteiger partial charge is 0.207 e. The van der Waals surface area contributed by atoms with Gasteiger partial charge in [-0.25, -0.2) is 0 Å². The van der Waals surface area contributed by atoms with E-state index in [4.69, 9.17) is 22.0 Å². The molecule has 2 aromatic heterocycles. The van der Waals surface area contributed by atoms with Gasteiger partial charge in [0.25, 0.3) is 0 Å². The molecule has 4 heterocycles. The number of piperidine rings is 1. The number of nitrogens with zero attached hydrogens (tertiary/aromatic N) is 5. The van der Waals surface area contributed by atoms with Crippen molar-refractivity contribution in [3.8, 4) is 22.9 Å². The van der Waals surface area contributed by atoms with Crippen molar-refractivity contribution >= 4 is 39.2 Å². The van der Waals surface area contributed by atoms with E-state index in [1.807, 2.05) is 58.8 Å². The third-order valence-electron chi connectivity index (χ3n) is 8.73. The van der Waals surface area contributed by atoms with Crippen LogP contribution in [-0.4, -0.2) is 39.8 Å². The standard InChI is InChI=1S/C32H30ClN7/c1-19-12-29(39-17-22-4-3-11-36-27(22)18-39)23(15-34)14-28(19)40-31-25-13-21(20-5-8-24(33)9-6-20)7-10-26(25)37-16-30(31)38(2)32(40)35/h5-10,12-14,16,22,27,35-36H,3-4,11,17-18H2,1-2H3. The van der Waals surface area contributed by atoms with Crippen LogP contribution in [0.3, 0.4) is 0 Å². The average Bonchev–Trinajstić information content (AvgIpc) is 3.52. The second-order valence-corrected chi connectivity index (χ2v) is 11.5. The Morgan fingerprint density at radius 1 is 1.05 bits per heavy atom. The zero-order valence-corrected chi connectivity index (χ0v) is 23.3. The van der Waals surface area contributed by atoms with Gasteiger partial charge in [-0.15, -0.1) is 0 Å². The number of fused-ring (bicyclic) bond motifs is 4. The Bertz CT molecular complexity index is 1880. The van der Waals surface area contributed by atoms with E-state index in [-0.39, 0.29) is 0 Å². The van der Waals surface area contributed by atoms with Crippen LogP contribution in [0.2, 0.25) is 5.02 Å². The summed E-state index contributed by atoms with van der Waals surface area (Å²) in [5.41, 5.74) is 8.57. The first-order valence-electron chi connectivity index (χ1n) is 13.8. The van der Waals surface area contributed by atoms with Gasteiger partial charge >= 0.3 is 0 Å². The topological polar surface area (TPSA) is 85.7 Å². The molecule has 8 heteroatoms. The molecule has 0 radical (unpaired) electrons. The minimum atomic E-state index is 0.331. The first kappa shape index (κ1) is 24.9. The number of rotatable bonds is 3. The van der Waals surface area contributed by atoms with Gasteiger partial charge in [-0.1, -0.05) is 29.8 Å². The van der Waals surface area contributed by atoms with Crippen LogP contribution in [0.25, 0.3) is 38.8 Å². The van der Waals surface area contributed by atoms with Crippen LogP contribution in [0.15, 0.2) is 60.8 Å². The van der Waals surface area contributed by atoms with Gasteiger partial charge in [0.05, 0.1) is 39.7 Å². The third-order valence-corrected chi connectivity index (χ3v) is 8.98. The summed E-state index contributed by atoms with van der Waals surface area (Å²) in [7, 11) is 1.89. The molecule has 200 valence electrons. The van der Waals surface area contributed by atoms with Gasteiger partial charge in [-0.3, -0.25) is 15.0 Å². The van der Waals surface area contributed by atoms with Crippen LogP contribution in [0.5, 0.6) is 0 Å². The molecule has 40 heavy (non-hydrogen) atoms. The summed E-state index contributed by atoms with van der Waals surface area (Å²) in [6.07, 6.45) is 4.28. The van der Waals surface area contributed by atoms with E-state index >= 15 is 0 Å². The molecule has 2 aliphatic heterocycles. The SMILES string of the molecule is Cc1cc(N2CC3CCCNC3C2)c(C#N)cc1-n1c(=N)n(C)c2cnc3ccc(-c4ccc(Cl)cc4)cc3c21. The van der Waals surface area contributed by atoms with Crippen LogP contribution in [-0.2, 0) is 7.05 Å². The van der Waals surface area contributed by atoms with Crippen molar-refractivity contribution in [2.45, 2.75) is 25.8 Å². The Morgan fingerprint density at radius 2 is 1.85 bits per heavy atom. The molecule has 2 saturated heterocycles. The number of aryl methyl sites for hydroxylation is 2. The number of hydrogen-bond acceptors (Lipinski definition) is 5. The number of nitrogens with one attached hydrogen (secondary N) is 2. The molecular formula is C32H30ClN7. The summed E-state index contributed by atoms with van der Waals surface area (Å²) in [4.78, 5) is 7.09. The Kier molecular flexibility index (Phi) is 5.92. The molecule has 7 rings (SSSR count). The van der Waals surface area contributed by atoms with Crippen molar-refractivity contribution in [1.82, 2.24) is 19.4 Å². The molecular weight excluding hydrogens is 518 g/mol. The Morgan fingerprint density at radius 3 is 2.62 bits per heavy atom. The first-order chi connectivity index (χ1) is 19.4. The molecule has 2 fully saturated rings. The van der Waals surface area contributed by atoms with E-state index in [1.54, 1.807) is 0 Å². The highest BCUT2D eigenvalue weighted by Gasteiger charge is 2.35. The number of imidazole rings is 1. The van der Waals surface area contributed by atoms with Crippen molar-refractivity contribution in [1.29, 1.82) is 10.7 Å². The molecule has 0 amide bonds. The van der Waals surface area contributed by atoms with Crippen LogP contribution < -0.4 is 15.8 Å². The summed E-state index contributed by atoms with van der Waals surface area (Å²) < 4.78 is 3.82. The fraction of sp³-hybridized carbons (Fsp3) is 0.281. The first-order valence-corrected chi connectivity index (χ1v) is 14.1. The minimum Gasteiger partial charge on any atom is -0.369 e. The molecule has 0 spiro atoms. The van der Waals surface area contributed by atoms with Crippen molar-refractivity contribution < 1.29 is 0 Å². The maximum atomic E-state index is 10.3. The predicted molar refractivity (Wildman–Crippen MR) is 160 cm³/mol. The van der Waals surface area contributed by atoms with Gasteiger partial charge in [-0.2, -0.15) is 5.26 Å². The number of pyridine rings is 1. The van der Waals surface area contributed by atoms with Crippen LogP contribution in [0, 0.1) is 29.6 Å². The molecule has 3 aromatic carbocycles. The summed E-state index contributed by atoms with van der Waals surface area (Å²) >= 11 is 6.14. The van der Waals surface area contributed by atoms with E-state index in [0.29, 0.717) is 28.2 Å². The van der Waals surface area contributed by atoms with Gasteiger partial charge in [-0.05, 0) is 85.3 Å². The molecule has 7 nitrogen and oxygen atoms in total. The number of hydrogen-bond donors (Lipinski definition) is 2. The number of anilines is 1. The highest BCUT2D eigenvalue weighted by atomic mass is 35.5. The maximum Gasteiger partial charge on any atom is 0.207 e. The molecule has 0 bridgehead atoms. The number of nitriles is 1. The van der Waals surface area contributed by atoms with Gasteiger partial charge in [0, 0.05) is 36.6 Å². The fourth-order valence-corrected chi connectivity index (χ4v) is 6.72. The fourth-order valence-electron chi connectivity index (χ4n) is 6.59. The minimum absolute atomic E-state index is 0.331. The maximum absolute atomic E-state index is 10.3. The molecule has 2 atom stereocenters. The number of aromatic nitrogens is 3. The van der Waals surface area contributed by atoms with Gasteiger partial charge in [0.2, 0.25) is 5.62 Å². The highest BCUT2D eigenvalue weighted by molar-refractivity contribution is 6.30. The predicted octanol–water partition coefficient (Wildman–Crippen LogP) is 5.69. The van der Waals surface area contributed by atoms with Crippen LogP contribution in [0.1, 0.15) is 24.0 Å². The lowest BCUT2D eigenvalue weighted by atomic mass is 9.94. The third kappa shape index (κ3) is 3.90. The van der Waals surface area contributed by atoms with Crippen LogP contribution in [0.4, 0.5) is 5.69 Å². The quantitative estimate of drug-likeness (QED) is 0.304. The zero-order valence-electron chi connectivity index (χ0n) is 22.6. The highest BCUT2D eigenvalue weighted by Crippen LogP contribution is 2.35. The normalized spacial score (nSPS) is 18.8. The van der Waals surface area contributed by atoms with Crippen molar-refractivity contribution in [3.63, 3.8) is 0 Å². The van der Waals surface area contributed by atoms with Crippen molar-refractivity contribution in [2.75, 3.05) is 24.5 Å². The molecule has 2 unspecified atom stereocenters. The molecule has 2 aliphatic rings. The van der Waals surface area contributed by atoms with E-state index in [9.17, 15) is 5.26 Å².